The monoisotopic (exact) mass is 259 g/mol. The van der Waals surface area contributed by atoms with Crippen LogP contribution in [0.15, 0.2) is 28.1 Å². The Bertz CT molecular complexity index is 572. The molecule has 1 aromatic rings. The number of hydrogen-bond donors (Lipinski definition) is 0. The summed E-state index contributed by atoms with van der Waals surface area (Å²) in [7, 11) is 0. The Balaban J connectivity index is 2.15. The number of hydrogen-bond acceptors (Lipinski definition) is 4. The Morgan fingerprint density at radius 2 is 2.35 bits per heavy atom. The third-order valence-electron chi connectivity index (χ3n) is 2.83. The van der Waals surface area contributed by atoms with Gasteiger partial charge in [-0.3, -0.25) is 4.99 Å². The van der Waals surface area contributed by atoms with Crippen molar-refractivity contribution in [3.05, 3.63) is 29.3 Å². The maximum absolute atomic E-state index is 8.90. The summed E-state index contributed by atoms with van der Waals surface area (Å²) in [5.74, 6) is 0.972. The Morgan fingerprint density at radius 1 is 1.47 bits per heavy atom. The second-order valence-corrected chi connectivity index (χ2v) is 5.58. The number of fused-ring (bicyclic) bond motifs is 3. The van der Waals surface area contributed by atoms with Crippen molar-refractivity contribution in [1.82, 2.24) is 4.90 Å². The van der Waals surface area contributed by atoms with Crippen LogP contribution in [-0.4, -0.2) is 28.1 Å². The molecule has 0 spiro atoms. The van der Waals surface area contributed by atoms with Crippen molar-refractivity contribution in [3.63, 3.8) is 0 Å². The minimum absolute atomic E-state index is 0.670. The SMILES string of the molecule is N#Cc1ccc2c(c1)SC(=S)N1CCCN=C21. The molecular weight excluding hydrogens is 250 g/mol. The molecule has 0 N–H and O–H groups in total. The topological polar surface area (TPSA) is 39.4 Å². The van der Waals surface area contributed by atoms with Gasteiger partial charge in [0, 0.05) is 23.5 Å². The average molecular weight is 259 g/mol. The molecular formula is C12H9N3S2. The largest absolute Gasteiger partial charge is 0.311 e. The zero-order valence-corrected chi connectivity index (χ0v) is 10.6. The van der Waals surface area contributed by atoms with Gasteiger partial charge in [-0.1, -0.05) is 24.0 Å². The Hall–Kier alpha value is -1.38. The van der Waals surface area contributed by atoms with E-state index in [1.807, 2.05) is 18.2 Å². The number of nitriles is 1. The van der Waals surface area contributed by atoms with Crippen molar-refractivity contribution in [1.29, 1.82) is 5.26 Å². The van der Waals surface area contributed by atoms with Gasteiger partial charge in [0.25, 0.3) is 0 Å². The number of aliphatic imine (C=N–C) groups is 1. The van der Waals surface area contributed by atoms with E-state index in [1.54, 1.807) is 11.8 Å². The lowest BCUT2D eigenvalue weighted by atomic mass is 10.1. The number of thioether (sulfide) groups is 1. The number of thiocarbonyl (C=S) groups is 1. The van der Waals surface area contributed by atoms with Gasteiger partial charge in [-0.25, -0.2) is 0 Å². The van der Waals surface area contributed by atoms with Crippen molar-refractivity contribution in [3.8, 4) is 6.07 Å². The van der Waals surface area contributed by atoms with Crippen molar-refractivity contribution in [2.45, 2.75) is 11.3 Å². The fraction of sp³-hybridized carbons (Fsp3) is 0.250. The fourth-order valence-corrected chi connectivity index (χ4v) is 3.40. The Kier molecular flexibility index (Phi) is 2.61. The second kappa shape index (κ2) is 4.13. The molecule has 0 atom stereocenters. The molecule has 0 aliphatic carbocycles. The minimum atomic E-state index is 0.670. The lowest BCUT2D eigenvalue weighted by molar-refractivity contribution is 0.561. The molecule has 0 aromatic heterocycles. The quantitative estimate of drug-likeness (QED) is 0.671. The van der Waals surface area contributed by atoms with Crippen LogP contribution in [0.3, 0.4) is 0 Å². The van der Waals surface area contributed by atoms with E-state index < -0.39 is 0 Å². The molecule has 0 unspecified atom stereocenters. The third kappa shape index (κ3) is 1.74. The van der Waals surface area contributed by atoms with Crippen LogP contribution < -0.4 is 0 Å². The van der Waals surface area contributed by atoms with E-state index in [2.05, 4.69) is 16.0 Å². The summed E-state index contributed by atoms with van der Waals surface area (Å²) in [4.78, 5) is 7.70. The van der Waals surface area contributed by atoms with Gasteiger partial charge in [0.05, 0.1) is 11.6 Å². The van der Waals surface area contributed by atoms with Gasteiger partial charge in [-0.2, -0.15) is 5.26 Å². The number of benzene rings is 1. The molecule has 0 saturated carbocycles. The molecule has 17 heavy (non-hydrogen) atoms. The maximum atomic E-state index is 8.90. The molecule has 0 amide bonds. The van der Waals surface area contributed by atoms with E-state index in [1.165, 1.54) is 0 Å². The summed E-state index contributed by atoms with van der Waals surface area (Å²) in [5, 5.41) is 8.90. The summed E-state index contributed by atoms with van der Waals surface area (Å²) in [6, 6.07) is 7.85. The zero-order chi connectivity index (χ0) is 11.8. The first-order valence-electron chi connectivity index (χ1n) is 5.38. The highest BCUT2D eigenvalue weighted by Crippen LogP contribution is 2.34. The summed E-state index contributed by atoms with van der Waals surface area (Å²) in [5.41, 5.74) is 1.77. The molecule has 0 fully saturated rings. The van der Waals surface area contributed by atoms with Crippen molar-refractivity contribution < 1.29 is 0 Å². The number of rotatable bonds is 0. The van der Waals surface area contributed by atoms with Gasteiger partial charge in [0.1, 0.15) is 10.2 Å². The smallest absolute Gasteiger partial charge is 0.146 e. The fourth-order valence-electron chi connectivity index (χ4n) is 2.02. The molecule has 3 nitrogen and oxygen atoms in total. The van der Waals surface area contributed by atoms with Crippen LogP contribution >= 0.6 is 24.0 Å². The average Bonchev–Trinajstić information content (AvgIpc) is 2.38. The highest BCUT2D eigenvalue weighted by atomic mass is 32.2. The van der Waals surface area contributed by atoms with Gasteiger partial charge in [-0.15, -0.1) is 0 Å². The van der Waals surface area contributed by atoms with Crippen LogP contribution in [0.2, 0.25) is 0 Å². The summed E-state index contributed by atoms with van der Waals surface area (Å²) in [6.07, 6.45) is 1.05. The lowest BCUT2D eigenvalue weighted by Gasteiger charge is -2.34. The summed E-state index contributed by atoms with van der Waals surface area (Å²) >= 11 is 6.94. The number of nitrogens with zero attached hydrogens (tertiary/aromatic N) is 3. The van der Waals surface area contributed by atoms with Crippen LogP contribution in [0.1, 0.15) is 17.5 Å². The molecule has 0 bridgehead atoms. The van der Waals surface area contributed by atoms with Crippen LogP contribution in [0.25, 0.3) is 0 Å². The van der Waals surface area contributed by atoms with Gasteiger partial charge in [-0.05, 0) is 24.6 Å². The van der Waals surface area contributed by atoms with Gasteiger partial charge in [0.2, 0.25) is 0 Å². The first-order valence-corrected chi connectivity index (χ1v) is 6.60. The maximum Gasteiger partial charge on any atom is 0.146 e. The van der Waals surface area contributed by atoms with Crippen LogP contribution in [0, 0.1) is 11.3 Å². The van der Waals surface area contributed by atoms with E-state index >= 15 is 0 Å². The van der Waals surface area contributed by atoms with Crippen molar-refractivity contribution in [2.24, 2.45) is 4.99 Å². The van der Waals surface area contributed by atoms with Gasteiger partial charge >= 0.3 is 0 Å². The number of amidine groups is 1. The third-order valence-corrected chi connectivity index (χ3v) is 4.25. The predicted molar refractivity (Wildman–Crippen MR) is 72.3 cm³/mol. The molecule has 2 aliphatic rings. The van der Waals surface area contributed by atoms with Gasteiger partial charge in [0.15, 0.2) is 0 Å². The van der Waals surface area contributed by atoms with E-state index in [0.29, 0.717) is 5.56 Å². The molecule has 2 heterocycles. The molecule has 1 aromatic carbocycles. The zero-order valence-electron chi connectivity index (χ0n) is 9.01. The van der Waals surface area contributed by atoms with Gasteiger partial charge < -0.3 is 4.90 Å². The highest BCUT2D eigenvalue weighted by molar-refractivity contribution is 8.23. The van der Waals surface area contributed by atoms with Crippen LogP contribution in [0.5, 0.6) is 0 Å². The van der Waals surface area contributed by atoms with E-state index in [-0.39, 0.29) is 0 Å². The first kappa shape index (κ1) is 10.8. The van der Waals surface area contributed by atoms with Crippen LogP contribution in [-0.2, 0) is 0 Å². The lowest BCUT2D eigenvalue weighted by Crippen LogP contribution is -2.41. The Labute approximate surface area is 109 Å². The second-order valence-electron chi connectivity index (χ2n) is 3.90. The highest BCUT2D eigenvalue weighted by Gasteiger charge is 2.28. The molecule has 0 radical (unpaired) electrons. The molecule has 5 heteroatoms. The van der Waals surface area contributed by atoms with Crippen LogP contribution in [0.4, 0.5) is 0 Å². The first-order chi connectivity index (χ1) is 8.29. The van der Waals surface area contributed by atoms with E-state index in [4.69, 9.17) is 17.5 Å². The predicted octanol–water partition coefficient (Wildman–Crippen LogP) is 2.40. The summed E-state index contributed by atoms with van der Waals surface area (Å²) in [6.45, 7) is 1.81. The molecule has 84 valence electrons. The molecule has 2 aliphatic heterocycles. The standard InChI is InChI=1S/C12H9N3S2/c13-7-8-2-3-9-10(6-8)17-12(16)15-5-1-4-14-11(9)15/h2-3,6H,1,4-5H2. The van der Waals surface area contributed by atoms with E-state index in [0.717, 1.165) is 40.1 Å². The molecule has 3 rings (SSSR count). The van der Waals surface area contributed by atoms with Crippen molar-refractivity contribution in [2.75, 3.05) is 13.1 Å². The summed E-state index contributed by atoms with van der Waals surface area (Å²) < 4.78 is 0.839. The normalized spacial score (nSPS) is 17.9. The minimum Gasteiger partial charge on any atom is -0.311 e. The van der Waals surface area contributed by atoms with Crippen molar-refractivity contribution >= 4 is 34.1 Å². The molecule has 0 saturated heterocycles. The Morgan fingerprint density at radius 3 is 3.18 bits per heavy atom. The van der Waals surface area contributed by atoms with E-state index in [9.17, 15) is 0 Å².